The van der Waals surface area contributed by atoms with Crippen LogP contribution in [0, 0.1) is 5.82 Å². The maximum absolute atomic E-state index is 13.1. The number of rotatable bonds is 3. The molecule has 102 valence electrons. The molecule has 1 N–H and O–H groups in total. The summed E-state index contributed by atoms with van der Waals surface area (Å²) in [6.07, 6.45) is 0. The number of hydrogen-bond donors (Lipinski definition) is 1. The zero-order chi connectivity index (χ0) is 14.1. The van der Waals surface area contributed by atoms with Crippen LogP contribution in [0.2, 0.25) is 0 Å². The monoisotopic (exact) mass is 333 g/mol. The van der Waals surface area contributed by atoms with Crippen LogP contribution in [0.15, 0.2) is 57.4 Å². The highest BCUT2D eigenvalue weighted by atomic mass is 79.9. The van der Waals surface area contributed by atoms with E-state index in [9.17, 15) is 4.39 Å². The third kappa shape index (κ3) is 2.56. The zero-order valence-electron chi connectivity index (χ0n) is 10.9. The van der Waals surface area contributed by atoms with Crippen molar-refractivity contribution in [2.75, 3.05) is 5.32 Å². The minimum Gasteiger partial charge on any atom is -0.459 e. The molecule has 0 saturated carbocycles. The molecule has 2 nitrogen and oxygen atoms in total. The van der Waals surface area contributed by atoms with Gasteiger partial charge in [-0.15, -0.1) is 0 Å². The van der Waals surface area contributed by atoms with E-state index in [0.717, 1.165) is 22.4 Å². The number of nitrogens with one attached hydrogen (secondary N) is 1. The van der Waals surface area contributed by atoms with Crippen molar-refractivity contribution < 1.29 is 8.81 Å². The predicted molar refractivity (Wildman–Crippen MR) is 82.4 cm³/mol. The van der Waals surface area contributed by atoms with Crippen LogP contribution in [0.5, 0.6) is 0 Å². The van der Waals surface area contributed by atoms with Crippen LogP contribution in [0.1, 0.15) is 18.7 Å². The summed E-state index contributed by atoms with van der Waals surface area (Å²) in [6.45, 7) is 2.01. The predicted octanol–water partition coefficient (Wildman–Crippen LogP) is 5.51. The summed E-state index contributed by atoms with van der Waals surface area (Å²) in [5.41, 5.74) is 1.70. The molecular formula is C16H13BrFNO. The molecule has 1 unspecified atom stereocenters. The Kier molecular flexibility index (Phi) is 3.49. The lowest BCUT2D eigenvalue weighted by Crippen LogP contribution is -2.06. The van der Waals surface area contributed by atoms with Gasteiger partial charge in [-0.25, -0.2) is 4.39 Å². The SMILES string of the molecule is CC(Nc1ccc(F)cc1Br)c1cc2ccccc2o1. The van der Waals surface area contributed by atoms with Crippen LogP contribution in [-0.2, 0) is 0 Å². The summed E-state index contributed by atoms with van der Waals surface area (Å²) in [5, 5.41) is 4.39. The lowest BCUT2D eigenvalue weighted by Gasteiger charge is -2.14. The van der Waals surface area contributed by atoms with Gasteiger partial charge in [-0.3, -0.25) is 0 Å². The van der Waals surface area contributed by atoms with Crippen LogP contribution < -0.4 is 5.32 Å². The Labute approximate surface area is 124 Å². The van der Waals surface area contributed by atoms with Crippen LogP contribution in [0.3, 0.4) is 0 Å². The van der Waals surface area contributed by atoms with Gasteiger partial charge in [0.05, 0.1) is 6.04 Å². The van der Waals surface area contributed by atoms with Gasteiger partial charge < -0.3 is 9.73 Å². The Balaban J connectivity index is 1.86. The first-order valence-corrected chi connectivity index (χ1v) is 7.13. The van der Waals surface area contributed by atoms with E-state index in [0.29, 0.717) is 4.47 Å². The number of furan rings is 1. The van der Waals surface area contributed by atoms with Gasteiger partial charge in [-0.1, -0.05) is 18.2 Å². The van der Waals surface area contributed by atoms with Gasteiger partial charge in [-0.05, 0) is 53.2 Å². The number of fused-ring (bicyclic) bond motifs is 1. The minimum absolute atomic E-state index is 0.0100. The van der Waals surface area contributed by atoms with Crippen molar-refractivity contribution in [2.24, 2.45) is 0 Å². The fourth-order valence-corrected chi connectivity index (χ4v) is 2.59. The smallest absolute Gasteiger partial charge is 0.134 e. The Bertz CT molecular complexity index is 720. The normalized spacial score (nSPS) is 12.6. The number of hydrogen-bond acceptors (Lipinski definition) is 2. The Morgan fingerprint density at radius 3 is 2.70 bits per heavy atom. The van der Waals surface area contributed by atoms with E-state index >= 15 is 0 Å². The van der Waals surface area contributed by atoms with Crippen LogP contribution >= 0.6 is 15.9 Å². The molecule has 2 aromatic carbocycles. The Morgan fingerprint density at radius 1 is 1.15 bits per heavy atom. The van der Waals surface area contributed by atoms with Crippen molar-refractivity contribution in [3.63, 3.8) is 0 Å². The van der Waals surface area contributed by atoms with Crippen LogP contribution in [0.25, 0.3) is 11.0 Å². The second kappa shape index (κ2) is 5.29. The van der Waals surface area contributed by atoms with E-state index in [4.69, 9.17) is 4.42 Å². The molecule has 4 heteroatoms. The van der Waals surface area contributed by atoms with Crippen LogP contribution in [-0.4, -0.2) is 0 Å². The summed E-state index contributed by atoms with van der Waals surface area (Å²) < 4.78 is 19.6. The molecule has 3 aromatic rings. The zero-order valence-corrected chi connectivity index (χ0v) is 12.4. The molecule has 0 amide bonds. The number of para-hydroxylation sites is 1. The average Bonchev–Trinajstić information content (AvgIpc) is 2.86. The molecule has 20 heavy (non-hydrogen) atoms. The number of benzene rings is 2. The van der Waals surface area contributed by atoms with Crippen molar-refractivity contribution in [1.82, 2.24) is 0 Å². The van der Waals surface area contributed by atoms with Gasteiger partial charge in [0.15, 0.2) is 0 Å². The fraction of sp³-hybridized carbons (Fsp3) is 0.125. The van der Waals surface area contributed by atoms with Crippen LogP contribution in [0.4, 0.5) is 10.1 Å². The quantitative estimate of drug-likeness (QED) is 0.683. The largest absolute Gasteiger partial charge is 0.459 e. The highest BCUT2D eigenvalue weighted by Crippen LogP contribution is 2.29. The van der Waals surface area contributed by atoms with E-state index in [1.54, 1.807) is 6.07 Å². The van der Waals surface area contributed by atoms with Gasteiger partial charge >= 0.3 is 0 Å². The molecule has 0 radical (unpaired) electrons. The number of halogens is 2. The molecule has 0 aliphatic carbocycles. The lowest BCUT2D eigenvalue weighted by atomic mass is 10.2. The molecule has 0 spiro atoms. The fourth-order valence-electron chi connectivity index (χ4n) is 2.13. The van der Waals surface area contributed by atoms with Crippen molar-refractivity contribution in [1.29, 1.82) is 0 Å². The maximum Gasteiger partial charge on any atom is 0.134 e. The van der Waals surface area contributed by atoms with E-state index in [1.165, 1.54) is 12.1 Å². The Hall–Kier alpha value is -1.81. The summed E-state index contributed by atoms with van der Waals surface area (Å²) in [5.74, 6) is 0.584. The molecule has 0 saturated heterocycles. The molecule has 0 fully saturated rings. The van der Waals surface area contributed by atoms with Crippen molar-refractivity contribution in [3.8, 4) is 0 Å². The van der Waals surface area contributed by atoms with E-state index in [-0.39, 0.29) is 11.9 Å². The van der Waals surface area contributed by atoms with E-state index in [2.05, 4.69) is 21.2 Å². The highest BCUT2D eigenvalue weighted by Gasteiger charge is 2.12. The van der Waals surface area contributed by atoms with Crippen molar-refractivity contribution in [2.45, 2.75) is 13.0 Å². The van der Waals surface area contributed by atoms with Gasteiger partial charge in [0.2, 0.25) is 0 Å². The van der Waals surface area contributed by atoms with Crippen molar-refractivity contribution >= 4 is 32.6 Å². The molecule has 0 aliphatic heterocycles. The third-order valence-corrected chi connectivity index (χ3v) is 3.83. The molecular weight excluding hydrogens is 321 g/mol. The molecule has 0 aliphatic rings. The molecule has 1 heterocycles. The standard InChI is InChI=1S/C16H13BrFNO/c1-10(19-14-7-6-12(18)9-13(14)17)16-8-11-4-2-3-5-15(11)20-16/h2-10,19H,1H3. The molecule has 1 aromatic heterocycles. The summed E-state index contributed by atoms with van der Waals surface area (Å²) in [6, 6.07) is 14.5. The van der Waals surface area contributed by atoms with E-state index < -0.39 is 0 Å². The summed E-state index contributed by atoms with van der Waals surface area (Å²) in [4.78, 5) is 0. The van der Waals surface area contributed by atoms with Gasteiger partial charge in [0.1, 0.15) is 17.2 Å². The first-order chi connectivity index (χ1) is 9.63. The topological polar surface area (TPSA) is 25.2 Å². The highest BCUT2D eigenvalue weighted by molar-refractivity contribution is 9.10. The summed E-state index contributed by atoms with van der Waals surface area (Å²) in [7, 11) is 0. The second-order valence-electron chi connectivity index (χ2n) is 4.68. The first-order valence-electron chi connectivity index (χ1n) is 6.33. The minimum atomic E-state index is -0.265. The van der Waals surface area contributed by atoms with Gasteiger partial charge in [0, 0.05) is 15.5 Å². The second-order valence-corrected chi connectivity index (χ2v) is 5.53. The van der Waals surface area contributed by atoms with E-state index in [1.807, 2.05) is 37.3 Å². The van der Waals surface area contributed by atoms with Gasteiger partial charge in [-0.2, -0.15) is 0 Å². The first kappa shape index (κ1) is 13.2. The van der Waals surface area contributed by atoms with Crippen molar-refractivity contribution in [3.05, 3.63) is 64.6 Å². The molecule has 0 bridgehead atoms. The Morgan fingerprint density at radius 2 is 1.95 bits per heavy atom. The lowest BCUT2D eigenvalue weighted by molar-refractivity contribution is 0.526. The third-order valence-electron chi connectivity index (χ3n) is 3.17. The average molecular weight is 334 g/mol. The number of anilines is 1. The van der Waals surface area contributed by atoms with Gasteiger partial charge in [0.25, 0.3) is 0 Å². The maximum atomic E-state index is 13.1. The molecule has 1 atom stereocenters. The molecule has 3 rings (SSSR count). The summed E-state index contributed by atoms with van der Waals surface area (Å²) >= 11 is 3.35.